The van der Waals surface area contributed by atoms with E-state index in [1.807, 2.05) is 4.72 Å². The number of nitrogens with one attached hydrogen (secondary N) is 2. The van der Waals surface area contributed by atoms with Gasteiger partial charge in [0.2, 0.25) is 0 Å². The lowest BCUT2D eigenvalue weighted by molar-refractivity contribution is -0.139. The molecule has 0 amide bonds. The minimum absolute atomic E-state index is 0.101. The van der Waals surface area contributed by atoms with E-state index in [1.54, 1.807) is 6.92 Å². The molecule has 2 aromatic rings. The molecule has 0 radical (unpaired) electrons. The van der Waals surface area contributed by atoms with Gasteiger partial charge in [0, 0.05) is 16.8 Å². The first-order chi connectivity index (χ1) is 9.59. The predicted octanol–water partition coefficient (Wildman–Crippen LogP) is 3.19. The van der Waals surface area contributed by atoms with Crippen molar-refractivity contribution in [1.82, 2.24) is 10.2 Å². The molecule has 0 unspecified atom stereocenters. The zero-order valence-electron chi connectivity index (χ0n) is 10.5. The monoisotopic (exact) mass is 339 g/mol. The normalized spacial score (nSPS) is 12.4. The summed E-state index contributed by atoms with van der Waals surface area (Å²) in [5, 5.41) is 5.88. The average molecular weight is 340 g/mol. The zero-order chi connectivity index (χ0) is 15.8. The lowest BCUT2D eigenvalue weighted by Crippen LogP contribution is -2.19. The molecule has 0 spiro atoms. The van der Waals surface area contributed by atoms with E-state index in [-0.39, 0.29) is 10.8 Å². The van der Waals surface area contributed by atoms with Crippen LogP contribution in [0.2, 0.25) is 5.02 Å². The fourth-order valence-electron chi connectivity index (χ4n) is 1.62. The number of aryl methyl sites for hydroxylation is 1. The highest BCUT2D eigenvalue weighted by atomic mass is 35.5. The molecule has 0 aliphatic heterocycles. The third-order valence-corrected chi connectivity index (χ3v) is 4.13. The maximum atomic E-state index is 12.9. The molecule has 0 fully saturated rings. The van der Waals surface area contributed by atoms with Gasteiger partial charge in [0.15, 0.2) is 5.82 Å². The van der Waals surface area contributed by atoms with E-state index >= 15 is 0 Å². The Morgan fingerprint density at radius 1 is 1.29 bits per heavy atom. The van der Waals surface area contributed by atoms with Crippen LogP contribution in [-0.2, 0) is 16.2 Å². The van der Waals surface area contributed by atoms with Crippen molar-refractivity contribution in [3.63, 3.8) is 0 Å². The summed E-state index contributed by atoms with van der Waals surface area (Å²) in [7, 11) is -4.44. The van der Waals surface area contributed by atoms with Crippen molar-refractivity contribution >= 4 is 27.4 Å². The largest absolute Gasteiger partial charge is 0.417 e. The van der Waals surface area contributed by atoms with Crippen LogP contribution in [0.25, 0.3) is 0 Å². The lowest BCUT2D eigenvalue weighted by atomic mass is 10.2. The van der Waals surface area contributed by atoms with Crippen molar-refractivity contribution in [2.45, 2.75) is 18.0 Å². The quantitative estimate of drug-likeness (QED) is 0.901. The molecule has 0 bridgehead atoms. The number of hydrogen-bond donors (Lipinski definition) is 2. The molecule has 1 heterocycles. The number of alkyl halides is 3. The van der Waals surface area contributed by atoms with Gasteiger partial charge < -0.3 is 0 Å². The van der Waals surface area contributed by atoms with Crippen molar-refractivity contribution in [2.75, 3.05) is 4.72 Å². The Morgan fingerprint density at radius 2 is 1.95 bits per heavy atom. The summed E-state index contributed by atoms with van der Waals surface area (Å²) in [5.41, 5.74) is -0.783. The second-order valence-corrected chi connectivity index (χ2v) is 6.27. The zero-order valence-corrected chi connectivity index (χ0v) is 12.1. The van der Waals surface area contributed by atoms with Crippen LogP contribution >= 0.6 is 11.6 Å². The third kappa shape index (κ3) is 3.48. The van der Waals surface area contributed by atoms with Gasteiger partial charge in [0.1, 0.15) is 0 Å². The second kappa shape index (κ2) is 5.23. The van der Waals surface area contributed by atoms with Gasteiger partial charge >= 0.3 is 6.18 Å². The molecule has 0 saturated heterocycles. The summed E-state index contributed by atoms with van der Waals surface area (Å²) in [6.07, 6.45) is -4.85. The number of sulfonamides is 1. The van der Waals surface area contributed by atoms with Crippen LogP contribution in [-0.4, -0.2) is 18.6 Å². The number of hydrogen-bond acceptors (Lipinski definition) is 3. The standard InChI is InChI=1S/C11H9ClF3N3O2S/c1-6-4-10(17-16-6)18-21(19,20)9-3-2-7(12)5-8(9)11(13,14)15/h2-5H,1H3,(H2,16,17,18). The van der Waals surface area contributed by atoms with E-state index in [0.29, 0.717) is 11.8 Å². The van der Waals surface area contributed by atoms with Crippen molar-refractivity contribution < 1.29 is 21.6 Å². The van der Waals surface area contributed by atoms with E-state index in [9.17, 15) is 21.6 Å². The number of aromatic nitrogens is 2. The number of nitrogens with zero attached hydrogens (tertiary/aromatic N) is 1. The van der Waals surface area contributed by atoms with Gasteiger partial charge in [-0.25, -0.2) is 8.42 Å². The van der Waals surface area contributed by atoms with Gasteiger partial charge in [-0.1, -0.05) is 11.6 Å². The molecular formula is C11H9ClF3N3O2S. The fourth-order valence-corrected chi connectivity index (χ4v) is 2.99. The number of benzene rings is 1. The Hall–Kier alpha value is -1.74. The van der Waals surface area contributed by atoms with Crippen molar-refractivity contribution in [1.29, 1.82) is 0 Å². The highest BCUT2D eigenvalue weighted by molar-refractivity contribution is 7.92. The topological polar surface area (TPSA) is 74.8 Å². The first kappa shape index (κ1) is 15.6. The second-order valence-electron chi connectivity index (χ2n) is 4.18. The van der Waals surface area contributed by atoms with Crippen molar-refractivity contribution in [3.05, 3.63) is 40.5 Å². The number of rotatable bonds is 3. The van der Waals surface area contributed by atoms with Gasteiger partial charge in [0.25, 0.3) is 10.0 Å². The summed E-state index contributed by atoms with van der Waals surface area (Å²) in [5.74, 6) is -0.101. The van der Waals surface area contributed by atoms with E-state index in [4.69, 9.17) is 11.6 Å². The first-order valence-electron chi connectivity index (χ1n) is 5.51. The number of H-pyrrole nitrogens is 1. The summed E-state index contributed by atoms with van der Waals surface area (Å²) in [6.45, 7) is 1.62. The molecule has 10 heteroatoms. The van der Waals surface area contributed by atoms with Gasteiger partial charge in [-0.2, -0.15) is 18.3 Å². The molecule has 0 aliphatic rings. The van der Waals surface area contributed by atoms with E-state index < -0.39 is 26.7 Å². The minimum Gasteiger partial charge on any atom is -0.281 e. The molecule has 21 heavy (non-hydrogen) atoms. The summed E-state index contributed by atoms with van der Waals surface area (Å²) >= 11 is 5.50. The highest BCUT2D eigenvalue weighted by Crippen LogP contribution is 2.36. The molecule has 0 atom stereocenters. The van der Waals surface area contributed by atoms with Crippen LogP contribution in [0.15, 0.2) is 29.2 Å². The molecule has 2 rings (SSSR count). The van der Waals surface area contributed by atoms with Crippen LogP contribution in [0.3, 0.4) is 0 Å². The summed E-state index contributed by atoms with van der Waals surface area (Å²) < 4.78 is 64.9. The van der Waals surface area contributed by atoms with E-state index in [2.05, 4.69) is 10.2 Å². The Kier molecular flexibility index (Phi) is 3.89. The predicted molar refractivity (Wildman–Crippen MR) is 70.6 cm³/mol. The Balaban J connectivity index is 2.50. The van der Waals surface area contributed by atoms with Crippen LogP contribution in [0.4, 0.5) is 19.0 Å². The maximum Gasteiger partial charge on any atom is 0.417 e. The first-order valence-corrected chi connectivity index (χ1v) is 7.37. The molecule has 0 aliphatic carbocycles. The van der Waals surface area contributed by atoms with Crippen LogP contribution in [0, 0.1) is 6.92 Å². The molecule has 5 nitrogen and oxygen atoms in total. The van der Waals surface area contributed by atoms with Crippen LogP contribution in [0.5, 0.6) is 0 Å². The number of aromatic amines is 1. The molecular weight excluding hydrogens is 331 g/mol. The Morgan fingerprint density at radius 3 is 2.48 bits per heavy atom. The molecule has 114 valence electrons. The SMILES string of the molecule is Cc1cc(NS(=O)(=O)c2ccc(Cl)cc2C(F)(F)F)n[nH]1. The van der Waals surface area contributed by atoms with Gasteiger partial charge in [-0.3, -0.25) is 9.82 Å². The summed E-state index contributed by atoms with van der Waals surface area (Å²) in [6, 6.07) is 3.78. The molecule has 1 aromatic heterocycles. The number of halogens is 4. The molecule has 0 saturated carbocycles. The van der Waals surface area contributed by atoms with E-state index in [0.717, 1.165) is 12.1 Å². The Bertz CT molecular complexity index is 771. The molecule has 2 N–H and O–H groups in total. The van der Waals surface area contributed by atoms with Gasteiger partial charge in [-0.15, -0.1) is 0 Å². The summed E-state index contributed by atoms with van der Waals surface area (Å²) in [4.78, 5) is -0.917. The van der Waals surface area contributed by atoms with E-state index in [1.165, 1.54) is 6.07 Å². The van der Waals surface area contributed by atoms with Crippen LogP contribution in [0.1, 0.15) is 11.3 Å². The smallest absolute Gasteiger partial charge is 0.281 e. The molecule has 1 aromatic carbocycles. The average Bonchev–Trinajstić information content (AvgIpc) is 2.72. The van der Waals surface area contributed by atoms with Gasteiger partial charge in [0.05, 0.1) is 10.5 Å². The maximum absolute atomic E-state index is 12.9. The third-order valence-electron chi connectivity index (χ3n) is 2.48. The van der Waals surface area contributed by atoms with Crippen molar-refractivity contribution in [3.8, 4) is 0 Å². The highest BCUT2D eigenvalue weighted by Gasteiger charge is 2.37. The van der Waals surface area contributed by atoms with Crippen molar-refractivity contribution in [2.24, 2.45) is 0 Å². The Labute approximate surface area is 123 Å². The van der Waals surface area contributed by atoms with Gasteiger partial charge in [-0.05, 0) is 25.1 Å². The number of anilines is 1. The minimum atomic E-state index is -4.85. The lowest BCUT2D eigenvalue weighted by Gasteiger charge is -2.13. The fraction of sp³-hybridized carbons (Fsp3) is 0.182. The van der Waals surface area contributed by atoms with Crippen LogP contribution < -0.4 is 4.72 Å².